The molecule has 0 radical (unpaired) electrons. The smallest absolute Gasteiger partial charge is 0.271 e. The van der Waals surface area contributed by atoms with E-state index in [9.17, 15) is 23.3 Å². The largest absolute Gasteiger partial charge is 0.492 e. The minimum absolute atomic E-state index is 0.0331. The van der Waals surface area contributed by atoms with Crippen LogP contribution in [-0.2, 0) is 21.2 Å². The topological polar surface area (TPSA) is 128 Å². The highest BCUT2D eigenvalue weighted by Crippen LogP contribution is 2.28. The van der Waals surface area contributed by atoms with Gasteiger partial charge in [0.1, 0.15) is 16.7 Å². The number of benzene rings is 3. The van der Waals surface area contributed by atoms with Crippen molar-refractivity contribution in [2.75, 3.05) is 11.9 Å². The van der Waals surface area contributed by atoms with E-state index in [-0.39, 0.29) is 40.1 Å². The fourth-order valence-electron chi connectivity index (χ4n) is 3.18. The van der Waals surface area contributed by atoms with E-state index in [1.54, 1.807) is 37.3 Å². The van der Waals surface area contributed by atoms with Crippen LogP contribution in [0.1, 0.15) is 12.5 Å². The highest BCUT2D eigenvalue weighted by Gasteiger charge is 2.29. The minimum atomic E-state index is -4.24. The average Bonchev–Trinajstić information content (AvgIpc) is 2.80. The normalized spacial score (nSPS) is 12.1. The van der Waals surface area contributed by atoms with Crippen LogP contribution in [0.2, 0.25) is 5.02 Å². The van der Waals surface area contributed by atoms with Crippen molar-refractivity contribution in [1.29, 1.82) is 0 Å². The van der Waals surface area contributed by atoms with Gasteiger partial charge in [0.15, 0.2) is 0 Å². The van der Waals surface area contributed by atoms with Gasteiger partial charge in [-0.05, 0) is 43.2 Å². The average molecular weight is 504 g/mol. The van der Waals surface area contributed by atoms with Crippen molar-refractivity contribution in [3.63, 3.8) is 0 Å². The van der Waals surface area contributed by atoms with E-state index in [0.717, 1.165) is 0 Å². The van der Waals surface area contributed by atoms with Crippen LogP contribution in [0.25, 0.3) is 0 Å². The molecule has 11 heteroatoms. The van der Waals surface area contributed by atoms with Crippen molar-refractivity contribution in [2.24, 2.45) is 0 Å². The van der Waals surface area contributed by atoms with E-state index in [1.807, 2.05) is 0 Å². The van der Waals surface area contributed by atoms with Gasteiger partial charge < -0.3 is 10.1 Å². The number of amides is 1. The predicted molar refractivity (Wildman–Crippen MR) is 129 cm³/mol. The number of anilines is 1. The van der Waals surface area contributed by atoms with Crippen LogP contribution in [0.3, 0.4) is 0 Å². The first-order valence-electron chi connectivity index (χ1n) is 10.2. The van der Waals surface area contributed by atoms with Crippen LogP contribution in [0.5, 0.6) is 5.75 Å². The van der Waals surface area contributed by atoms with E-state index < -0.39 is 26.9 Å². The summed E-state index contributed by atoms with van der Waals surface area (Å²) in [6.07, 6.45) is 0.0331. The van der Waals surface area contributed by atoms with Gasteiger partial charge in [-0.1, -0.05) is 48.0 Å². The summed E-state index contributed by atoms with van der Waals surface area (Å²) in [6, 6.07) is 17.2. The highest BCUT2D eigenvalue weighted by molar-refractivity contribution is 7.89. The van der Waals surface area contributed by atoms with Gasteiger partial charge in [0.25, 0.3) is 5.69 Å². The summed E-state index contributed by atoms with van der Waals surface area (Å²) in [6.45, 7) is 1.94. The van der Waals surface area contributed by atoms with Crippen LogP contribution in [0.4, 0.5) is 11.4 Å². The molecule has 1 amide bonds. The number of hydrogen-bond acceptors (Lipinski definition) is 6. The monoisotopic (exact) mass is 503 g/mol. The second-order valence-corrected chi connectivity index (χ2v) is 9.30. The molecule has 3 aromatic rings. The number of hydrogen-bond donors (Lipinski definition) is 2. The van der Waals surface area contributed by atoms with Gasteiger partial charge in [-0.2, -0.15) is 4.72 Å². The maximum Gasteiger partial charge on any atom is 0.271 e. The first-order chi connectivity index (χ1) is 16.2. The third kappa shape index (κ3) is 6.53. The van der Waals surface area contributed by atoms with E-state index in [4.69, 9.17) is 16.3 Å². The van der Waals surface area contributed by atoms with E-state index in [0.29, 0.717) is 5.56 Å². The molecule has 0 bridgehead atoms. The van der Waals surface area contributed by atoms with E-state index in [1.165, 1.54) is 42.5 Å². The van der Waals surface area contributed by atoms with Crippen molar-refractivity contribution in [3.8, 4) is 5.75 Å². The van der Waals surface area contributed by atoms with Gasteiger partial charge in [-0.25, -0.2) is 8.42 Å². The summed E-state index contributed by atoms with van der Waals surface area (Å²) < 4.78 is 34.4. The molecule has 9 nitrogen and oxygen atoms in total. The Morgan fingerprint density at radius 1 is 1.09 bits per heavy atom. The Kier molecular flexibility index (Phi) is 8.21. The number of ether oxygens (including phenoxy) is 1. The summed E-state index contributed by atoms with van der Waals surface area (Å²) in [4.78, 5) is 23.4. The molecule has 0 aromatic heterocycles. The molecule has 0 aliphatic heterocycles. The first-order valence-corrected chi connectivity index (χ1v) is 12.1. The Labute approximate surface area is 201 Å². The fourth-order valence-corrected chi connectivity index (χ4v) is 4.78. The number of sulfonamides is 1. The zero-order chi connectivity index (χ0) is 24.7. The number of carbonyl (C=O) groups is 1. The number of carbonyl (C=O) groups excluding carboxylic acids is 1. The summed E-state index contributed by atoms with van der Waals surface area (Å²) in [7, 11) is -4.24. The van der Waals surface area contributed by atoms with Crippen molar-refractivity contribution in [2.45, 2.75) is 24.3 Å². The molecule has 1 unspecified atom stereocenters. The molecule has 178 valence electrons. The molecule has 34 heavy (non-hydrogen) atoms. The zero-order valence-electron chi connectivity index (χ0n) is 18.1. The second kappa shape index (κ2) is 11.1. The first kappa shape index (κ1) is 25.2. The SMILES string of the molecule is CCOc1ccc(Cl)cc1S(=O)(=O)NC(Cc1ccccc1)C(=O)Nc1cccc([N+](=O)[O-])c1. The quantitative estimate of drug-likeness (QED) is 0.315. The number of halogens is 1. The molecule has 0 spiro atoms. The molecular formula is C23H22ClN3O6S. The molecule has 0 fully saturated rings. The molecule has 0 heterocycles. The Balaban J connectivity index is 1.93. The molecule has 1 atom stereocenters. The lowest BCUT2D eigenvalue weighted by Crippen LogP contribution is -2.45. The molecule has 3 rings (SSSR count). The molecule has 0 aliphatic rings. The third-order valence-electron chi connectivity index (χ3n) is 4.72. The highest BCUT2D eigenvalue weighted by atomic mass is 35.5. The van der Waals surface area contributed by atoms with Crippen LogP contribution < -0.4 is 14.8 Å². The van der Waals surface area contributed by atoms with Gasteiger partial charge in [-0.15, -0.1) is 0 Å². The van der Waals surface area contributed by atoms with Crippen LogP contribution >= 0.6 is 11.6 Å². The number of nitro benzene ring substituents is 1. The lowest BCUT2D eigenvalue weighted by Gasteiger charge is -2.20. The van der Waals surface area contributed by atoms with E-state index >= 15 is 0 Å². The molecule has 0 saturated carbocycles. The molecule has 3 aromatic carbocycles. The van der Waals surface area contributed by atoms with Gasteiger partial charge in [0, 0.05) is 22.8 Å². The molecule has 0 saturated heterocycles. The number of nitrogens with one attached hydrogen (secondary N) is 2. The maximum absolute atomic E-state index is 13.3. The lowest BCUT2D eigenvalue weighted by atomic mass is 10.1. The van der Waals surface area contributed by atoms with Crippen molar-refractivity contribution < 1.29 is 22.9 Å². The summed E-state index contributed by atoms with van der Waals surface area (Å²) in [5.74, 6) is -0.593. The standard InChI is InChI=1S/C23H22ClN3O6S/c1-2-33-21-12-11-17(24)14-22(21)34(31,32)26-20(13-16-7-4-3-5-8-16)23(28)25-18-9-6-10-19(15-18)27(29)30/h3-12,14-15,20,26H,2,13H2,1H3,(H,25,28). The van der Waals surface area contributed by atoms with Crippen LogP contribution in [0, 0.1) is 10.1 Å². The molecule has 0 aliphatic carbocycles. The molecular weight excluding hydrogens is 482 g/mol. The number of nitrogens with zero attached hydrogens (tertiary/aromatic N) is 1. The zero-order valence-corrected chi connectivity index (χ0v) is 19.7. The number of nitro groups is 1. The minimum Gasteiger partial charge on any atom is -0.492 e. The Morgan fingerprint density at radius 3 is 2.50 bits per heavy atom. The third-order valence-corrected chi connectivity index (χ3v) is 6.44. The number of non-ortho nitro benzene ring substituents is 1. The van der Waals surface area contributed by atoms with Gasteiger partial charge in [-0.3, -0.25) is 14.9 Å². The predicted octanol–water partition coefficient (Wildman–Crippen LogP) is 4.18. The fraction of sp³-hybridized carbons (Fsp3) is 0.174. The van der Waals surface area contributed by atoms with Gasteiger partial charge in [0.05, 0.1) is 11.5 Å². The van der Waals surface area contributed by atoms with Crippen molar-refractivity contribution in [3.05, 3.63) is 93.5 Å². The lowest BCUT2D eigenvalue weighted by molar-refractivity contribution is -0.384. The molecule has 2 N–H and O–H groups in total. The number of rotatable bonds is 10. The van der Waals surface area contributed by atoms with E-state index in [2.05, 4.69) is 10.0 Å². The summed E-state index contributed by atoms with van der Waals surface area (Å²) in [5.41, 5.74) is 0.660. The van der Waals surface area contributed by atoms with Crippen molar-refractivity contribution >= 4 is 38.9 Å². The van der Waals surface area contributed by atoms with Crippen LogP contribution in [-0.4, -0.2) is 31.9 Å². The Bertz CT molecular complexity index is 1280. The second-order valence-electron chi connectivity index (χ2n) is 7.18. The summed E-state index contributed by atoms with van der Waals surface area (Å²) >= 11 is 6.02. The van der Waals surface area contributed by atoms with Gasteiger partial charge in [0.2, 0.25) is 15.9 Å². The summed E-state index contributed by atoms with van der Waals surface area (Å²) in [5, 5.41) is 13.8. The van der Waals surface area contributed by atoms with Gasteiger partial charge >= 0.3 is 0 Å². The maximum atomic E-state index is 13.3. The van der Waals surface area contributed by atoms with Crippen molar-refractivity contribution in [1.82, 2.24) is 4.72 Å². The Hall–Kier alpha value is -3.47. The Morgan fingerprint density at radius 2 is 1.82 bits per heavy atom. The van der Waals surface area contributed by atoms with Crippen LogP contribution in [0.15, 0.2) is 77.7 Å².